The van der Waals surface area contributed by atoms with Crippen LogP contribution >= 0.6 is 0 Å². The Hall–Kier alpha value is -1.85. The lowest BCUT2D eigenvalue weighted by Crippen LogP contribution is -2.30. The van der Waals surface area contributed by atoms with E-state index in [0.717, 1.165) is 64.2 Å². The van der Waals surface area contributed by atoms with Crippen molar-refractivity contribution in [3.8, 4) is 0 Å². The molecule has 0 saturated carbocycles. The molecule has 78 heavy (non-hydrogen) atoms. The zero-order chi connectivity index (χ0) is 56.4. The third-order valence-corrected chi connectivity index (χ3v) is 16.5. The monoisotopic (exact) mass is 1100 g/mol. The molecule has 0 aliphatic carbocycles. The van der Waals surface area contributed by atoms with E-state index < -0.39 is 6.10 Å². The Balaban J connectivity index is 4.21. The largest absolute Gasteiger partial charge is 0.462 e. The fourth-order valence-corrected chi connectivity index (χ4v) is 11.2. The maximum Gasteiger partial charge on any atom is 0.306 e. The van der Waals surface area contributed by atoms with Gasteiger partial charge in [-0.25, -0.2) is 0 Å². The van der Waals surface area contributed by atoms with E-state index in [1.165, 1.54) is 308 Å². The van der Waals surface area contributed by atoms with E-state index in [9.17, 15) is 14.4 Å². The van der Waals surface area contributed by atoms with Gasteiger partial charge in [0.15, 0.2) is 6.10 Å². The van der Waals surface area contributed by atoms with Crippen LogP contribution in [0.4, 0.5) is 0 Å². The number of carbonyl (C=O) groups excluding carboxylic acids is 3. The second-order valence-corrected chi connectivity index (χ2v) is 24.5. The van der Waals surface area contributed by atoms with Gasteiger partial charge in [0.25, 0.3) is 0 Å². The van der Waals surface area contributed by atoms with E-state index in [0.29, 0.717) is 19.3 Å². The van der Waals surface area contributed by atoms with E-state index in [1.54, 1.807) is 0 Å². The van der Waals surface area contributed by atoms with Crippen LogP contribution in [0, 0.1) is 0 Å². The third kappa shape index (κ3) is 65.0. The summed E-state index contributed by atoms with van der Waals surface area (Å²) < 4.78 is 17.0. The summed E-state index contributed by atoms with van der Waals surface area (Å²) in [6.07, 6.45) is 81.0. The number of unbranched alkanes of at least 4 members (excludes halogenated alkanes) is 54. The predicted molar refractivity (Wildman–Crippen MR) is 340 cm³/mol. The molecule has 1 atom stereocenters. The Bertz CT molecular complexity index is 1210. The average Bonchev–Trinajstić information content (AvgIpc) is 3.44. The molecule has 1 unspecified atom stereocenters. The minimum Gasteiger partial charge on any atom is -0.462 e. The lowest BCUT2D eigenvalue weighted by atomic mass is 10.0. The van der Waals surface area contributed by atoms with E-state index >= 15 is 0 Å². The molecule has 0 aliphatic heterocycles. The number of carbonyl (C=O) groups is 3. The van der Waals surface area contributed by atoms with Crippen molar-refractivity contribution in [1.29, 1.82) is 0 Å². The van der Waals surface area contributed by atoms with Crippen LogP contribution in [0.2, 0.25) is 0 Å². The second kappa shape index (κ2) is 67.7. The van der Waals surface area contributed by atoms with Gasteiger partial charge in [-0.15, -0.1) is 0 Å². The zero-order valence-corrected chi connectivity index (χ0v) is 53.2. The lowest BCUT2D eigenvalue weighted by Gasteiger charge is -2.18. The van der Waals surface area contributed by atoms with Gasteiger partial charge in [-0.3, -0.25) is 14.4 Å². The fourth-order valence-electron chi connectivity index (χ4n) is 11.2. The molecule has 0 spiro atoms. The fraction of sp³-hybridized carbons (Fsp3) is 0.931. The number of ether oxygens (including phenoxy) is 3. The molecular weight excluding hydrogens is 961 g/mol. The van der Waals surface area contributed by atoms with Crippen molar-refractivity contribution in [3.05, 3.63) is 12.2 Å². The quantitative estimate of drug-likeness (QED) is 0.0261. The first-order chi connectivity index (χ1) is 38.5. The van der Waals surface area contributed by atoms with Crippen molar-refractivity contribution in [3.63, 3.8) is 0 Å². The first-order valence-corrected chi connectivity index (χ1v) is 35.7. The molecule has 0 aromatic rings. The summed E-state index contributed by atoms with van der Waals surface area (Å²) in [5, 5.41) is 0. The molecule has 0 aromatic carbocycles. The number of hydrogen-bond acceptors (Lipinski definition) is 6. The van der Waals surface area contributed by atoms with Gasteiger partial charge in [0.1, 0.15) is 13.2 Å². The third-order valence-electron chi connectivity index (χ3n) is 16.5. The van der Waals surface area contributed by atoms with Crippen LogP contribution in [0.5, 0.6) is 0 Å². The van der Waals surface area contributed by atoms with Crippen LogP contribution in [0.15, 0.2) is 12.2 Å². The molecule has 0 rings (SSSR count). The number of hydrogen-bond donors (Lipinski definition) is 0. The van der Waals surface area contributed by atoms with Gasteiger partial charge in [-0.05, 0) is 44.9 Å². The van der Waals surface area contributed by atoms with Crippen LogP contribution < -0.4 is 0 Å². The highest BCUT2D eigenvalue weighted by atomic mass is 16.6. The van der Waals surface area contributed by atoms with Gasteiger partial charge in [-0.2, -0.15) is 0 Å². The van der Waals surface area contributed by atoms with E-state index in [2.05, 4.69) is 32.9 Å². The van der Waals surface area contributed by atoms with Crippen molar-refractivity contribution in [1.82, 2.24) is 0 Å². The van der Waals surface area contributed by atoms with Crippen molar-refractivity contribution < 1.29 is 28.6 Å². The molecule has 0 heterocycles. The summed E-state index contributed by atoms with van der Waals surface area (Å²) in [7, 11) is 0. The van der Waals surface area contributed by atoms with Gasteiger partial charge in [-0.1, -0.05) is 360 Å². The summed E-state index contributed by atoms with van der Waals surface area (Å²) in [5.74, 6) is -0.839. The Kier molecular flexibility index (Phi) is 66.0. The van der Waals surface area contributed by atoms with Crippen molar-refractivity contribution in [2.75, 3.05) is 13.2 Å². The standard InChI is InChI=1S/C72H138O6/c1-4-7-10-13-16-19-22-25-28-30-32-34-35-36-37-38-39-41-42-44-47-50-53-56-59-62-65-71(74)77-68-69(67-76-70(73)64-61-58-55-52-49-46-27-24-21-18-15-12-9-6-3)78-72(75)66-63-60-57-54-51-48-45-43-40-33-31-29-26-23-20-17-14-11-8-5-2/h24,27,69H,4-23,25-26,28-68H2,1-3H3/b27-24-. The van der Waals surface area contributed by atoms with Crippen LogP contribution in [0.1, 0.15) is 412 Å². The minimum atomic E-state index is -0.770. The normalized spacial score (nSPS) is 12.0. The summed E-state index contributed by atoms with van der Waals surface area (Å²) in [5.41, 5.74) is 0. The summed E-state index contributed by atoms with van der Waals surface area (Å²) in [6, 6.07) is 0. The van der Waals surface area contributed by atoms with Crippen molar-refractivity contribution in [2.45, 2.75) is 419 Å². The number of rotatable bonds is 67. The van der Waals surface area contributed by atoms with Crippen molar-refractivity contribution in [2.24, 2.45) is 0 Å². The molecule has 0 amide bonds. The summed E-state index contributed by atoms with van der Waals surface area (Å²) >= 11 is 0. The Morgan fingerprint density at radius 3 is 0.641 bits per heavy atom. The Morgan fingerprint density at radius 1 is 0.244 bits per heavy atom. The molecule has 0 aliphatic rings. The van der Waals surface area contributed by atoms with Crippen LogP contribution in [-0.2, 0) is 28.6 Å². The topological polar surface area (TPSA) is 78.9 Å². The maximum atomic E-state index is 12.9. The molecule has 6 heteroatoms. The Labute approximate surface area is 488 Å². The molecule has 6 nitrogen and oxygen atoms in total. The van der Waals surface area contributed by atoms with Gasteiger partial charge in [0, 0.05) is 19.3 Å². The van der Waals surface area contributed by atoms with Crippen LogP contribution in [0.25, 0.3) is 0 Å². The Morgan fingerprint density at radius 2 is 0.423 bits per heavy atom. The van der Waals surface area contributed by atoms with Gasteiger partial charge < -0.3 is 14.2 Å². The predicted octanol–water partition coefficient (Wildman–Crippen LogP) is 24.4. The SMILES string of the molecule is CCCCCCC/C=C\CCCCCCCC(=O)OCC(COC(=O)CCCCCCCCCCCCCCCCCCCCCCCCCCCC)OC(=O)CCCCCCCCCCCCCCCCCCCCCC. The summed E-state index contributed by atoms with van der Waals surface area (Å²) in [6.45, 7) is 6.72. The smallest absolute Gasteiger partial charge is 0.306 e. The van der Waals surface area contributed by atoms with Gasteiger partial charge in [0.05, 0.1) is 0 Å². The van der Waals surface area contributed by atoms with E-state index in [-0.39, 0.29) is 31.1 Å². The first-order valence-electron chi connectivity index (χ1n) is 35.7. The zero-order valence-electron chi connectivity index (χ0n) is 53.2. The van der Waals surface area contributed by atoms with E-state index in [1.807, 2.05) is 0 Å². The summed E-state index contributed by atoms with van der Waals surface area (Å²) in [4.78, 5) is 38.4. The molecule has 0 N–H and O–H groups in total. The molecule has 0 radical (unpaired) electrons. The molecular formula is C72H138O6. The highest BCUT2D eigenvalue weighted by molar-refractivity contribution is 5.71. The van der Waals surface area contributed by atoms with Crippen molar-refractivity contribution >= 4 is 17.9 Å². The second-order valence-electron chi connectivity index (χ2n) is 24.5. The first kappa shape index (κ1) is 76.1. The number of allylic oxidation sites excluding steroid dienone is 2. The molecule has 0 fully saturated rings. The molecule has 0 bridgehead atoms. The average molecular weight is 1100 g/mol. The van der Waals surface area contributed by atoms with Crippen LogP contribution in [0.3, 0.4) is 0 Å². The lowest BCUT2D eigenvalue weighted by molar-refractivity contribution is -0.167. The maximum absolute atomic E-state index is 12.9. The van der Waals surface area contributed by atoms with Crippen LogP contribution in [-0.4, -0.2) is 37.2 Å². The van der Waals surface area contributed by atoms with Gasteiger partial charge in [0.2, 0.25) is 0 Å². The highest BCUT2D eigenvalue weighted by Crippen LogP contribution is 2.19. The van der Waals surface area contributed by atoms with Gasteiger partial charge >= 0.3 is 17.9 Å². The highest BCUT2D eigenvalue weighted by Gasteiger charge is 2.19. The number of esters is 3. The molecule has 0 aromatic heterocycles. The minimum absolute atomic E-state index is 0.0656. The van der Waals surface area contributed by atoms with E-state index in [4.69, 9.17) is 14.2 Å². The molecule has 462 valence electrons. The molecule has 0 saturated heterocycles.